The van der Waals surface area contributed by atoms with Crippen LogP contribution in [-0.2, 0) is 16.3 Å². The fourth-order valence-electron chi connectivity index (χ4n) is 1.98. The minimum Gasteiger partial charge on any atom is -0.383 e. The average Bonchev–Trinajstić information content (AvgIpc) is 2.64. The molecule has 2 heterocycles. The molecule has 18 heavy (non-hydrogen) atoms. The van der Waals surface area contributed by atoms with E-state index in [1.807, 2.05) is 13.8 Å². The van der Waals surface area contributed by atoms with Crippen LogP contribution in [0.3, 0.4) is 0 Å². The predicted molar refractivity (Wildman–Crippen MR) is 71.2 cm³/mol. The lowest BCUT2D eigenvalue weighted by Crippen LogP contribution is -2.22. The minimum atomic E-state index is -2.89. The fraction of sp³-hybridized carbons (Fsp3) is 0.636. The van der Waals surface area contributed by atoms with Crippen molar-refractivity contribution >= 4 is 21.5 Å². The van der Waals surface area contributed by atoms with Crippen molar-refractivity contribution in [2.45, 2.75) is 32.7 Å². The highest BCUT2D eigenvalue weighted by Gasteiger charge is 2.28. The van der Waals surface area contributed by atoms with Gasteiger partial charge in [0.05, 0.1) is 11.5 Å². The van der Waals surface area contributed by atoms with E-state index in [4.69, 9.17) is 5.73 Å². The molecular weight excluding hydrogens is 252 g/mol. The van der Waals surface area contributed by atoms with Gasteiger partial charge in [0.15, 0.2) is 9.84 Å². The minimum absolute atomic E-state index is 0.0762. The van der Waals surface area contributed by atoms with Crippen LogP contribution >= 0.6 is 0 Å². The van der Waals surface area contributed by atoms with Gasteiger partial charge in [-0.2, -0.15) is 0 Å². The molecule has 1 aromatic heterocycles. The Labute approximate surface area is 107 Å². The summed E-state index contributed by atoms with van der Waals surface area (Å²) in [5.74, 6) is 2.18. The highest BCUT2D eigenvalue weighted by atomic mass is 32.2. The predicted octanol–water partition coefficient (Wildman–Crippen LogP) is 0.529. The normalized spacial score (nSPS) is 22.0. The number of nitrogen functional groups attached to an aromatic ring is 1. The topological polar surface area (TPSA) is 98.0 Å². The molecule has 0 aliphatic carbocycles. The van der Waals surface area contributed by atoms with Gasteiger partial charge in [0.25, 0.3) is 0 Å². The van der Waals surface area contributed by atoms with Gasteiger partial charge in [-0.05, 0) is 13.3 Å². The number of anilines is 2. The summed E-state index contributed by atoms with van der Waals surface area (Å²) in [6, 6.07) is -0.0762. The second-order valence-corrected chi connectivity index (χ2v) is 6.83. The van der Waals surface area contributed by atoms with E-state index in [2.05, 4.69) is 15.3 Å². The molecule has 0 radical (unpaired) electrons. The smallest absolute Gasteiger partial charge is 0.152 e. The van der Waals surface area contributed by atoms with Crippen LogP contribution in [0.5, 0.6) is 0 Å². The van der Waals surface area contributed by atoms with Crippen molar-refractivity contribution in [2.24, 2.45) is 0 Å². The highest BCUT2D eigenvalue weighted by Crippen LogP contribution is 2.21. The van der Waals surface area contributed by atoms with E-state index in [1.54, 1.807) is 0 Å². The first-order valence-electron chi connectivity index (χ1n) is 6.01. The molecule has 1 atom stereocenters. The van der Waals surface area contributed by atoms with Crippen molar-refractivity contribution in [3.8, 4) is 0 Å². The largest absolute Gasteiger partial charge is 0.383 e. The first-order chi connectivity index (χ1) is 8.41. The van der Waals surface area contributed by atoms with Crippen molar-refractivity contribution in [3.63, 3.8) is 0 Å². The molecule has 7 heteroatoms. The molecule has 0 amide bonds. The van der Waals surface area contributed by atoms with Crippen LogP contribution < -0.4 is 11.1 Å². The van der Waals surface area contributed by atoms with Gasteiger partial charge in [0.1, 0.15) is 17.5 Å². The summed E-state index contributed by atoms with van der Waals surface area (Å²) < 4.78 is 22.8. The van der Waals surface area contributed by atoms with Gasteiger partial charge in [0.2, 0.25) is 0 Å². The number of nitrogens with zero attached hydrogens (tertiary/aromatic N) is 2. The van der Waals surface area contributed by atoms with Crippen molar-refractivity contribution in [2.75, 3.05) is 22.6 Å². The lowest BCUT2D eigenvalue weighted by atomic mass is 10.2. The molecular formula is C11H18N4O2S. The number of nitrogens with two attached hydrogens (primary N) is 1. The van der Waals surface area contributed by atoms with Crippen LogP contribution in [0, 0.1) is 6.92 Å². The SMILES string of the molecule is CCc1nc(N)c(C)c(NC2CCS(=O)(=O)C2)n1. The summed E-state index contributed by atoms with van der Waals surface area (Å²) >= 11 is 0. The zero-order valence-electron chi connectivity index (χ0n) is 10.6. The molecule has 100 valence electrons. The van der Waals surface area contributed by atoms with Crippen LogP contribution in [0.2, 0.25) is 0 Å². The highest BCUT2D eigenvalue weighted by molar-refractivity contribution is 7.91. The molecule has 1 saturated heterocycles. The summed E-state index contributed by atoms with van der Waals surface area (Å²) in [6.07, 6.45) is 1.31. The molecule has 2 rings (SSSR count). The Morgan fingerprint density at radius 3 is 2.72 bits per heavy atom. The van der Waals surface area contributed by atoms with E-state index < -0.39 is 9.84 Å². The molecule has 1 aliphatic heterocycles. The number of nitrogens with one attached hydrogen (secondary N) is 1. The van der Waals surface area contributed by atoms with E-state index in [0.29, 0.717) is 30.3 Å². The third-order valence-electron chi connectivity index (χ3n) is 3.12. The summed E-state index contributed by atoms with van der Waals surface area (Å²) in [6.45, 7) is 3.79. The van der Waals surface area contributed by atoms with Gasteiger partial charge in [-0.1, -0.05) is 6.92 Å². The van der Waals surface area contributed by atoms with E-state index in [9.17, 15) is 8.42 Å². The molecule has 6 nitrogen and oxygen atoms in total. The average molecular weight is 270 g/mol. The zero-order valence-corrected chi connectivity index (χ0v) is 11.4. The molecule has 1 fully saturated rings. The molecule has 0 aromatic carbocycles. The van der Waals surface area contributed by atoms with Gasteiger partial charge >= 0.3 is 0 Å². The Morgan fingerprint density at radius 1 is 1.44 bits per heavy atom. The molecule has 1 aliphatic rings. The standard InChI is InChI=1S/C11H18N4O2S/c1-3-9-14-10(12)7(2)11(15-9)13-8-4-5-18(16,17)6-8/h8H,3-6H2,1-2H3,(H3,12,13,14,15). The van der Waals surface area contributed by atoms with Crippen molar-refractivity contribution in [1.82, 2.24) is 9.97 Å². The zero-order chi connectivity index (χ0) is 13.3. The number of hydrogen-bond acceptors (Lipinski definition) is 6. The quantitative estimate of drug-likeness (QED) is 0.831. The summed E-state index contributed by atoms with van der Waals surface area (Å²) in [4.78, 5) is 8.53. The van der Waals surface area contributed by atoms with Gasteiger partial charge < -0.3 is 11.1 Å². The van der Waals surface area contributed by atoms with E-state index in [1.165, 1.54) is 0 Å². The lowest BCUT2D eigenvalue weighted by Gasteiger charge is -2.15. The lowest BCUT2D eigenvalue weighted by molar-refractivity contribution is 0.602. The summed E-state index contributed by atoms with van der Waals surface area (Å²) in [5.41, 5.74) is 6.59. The third-order valence-corrected chi connectivity index (χ3v) is 4.89. The number of aromatic nitrogens is 2. The Balaban J connectivity index is 2.21. The van der Waals surface area contributed by atoms with Gasteiger partial charge in [0, 0.05) is 18.0 Å². The fourth-order valence-corrected chi connectivity index (χ4v) is 3.66. The molecule has 0 spiro atoms. The molecule has 1 unspecified atom stereocenters. The van der Waals surface area contributed by atoms with E-state index in [-0.39, 0.29) is 17.5 Å². The Hall–Kier alpha value is -1.37. The second kappa shape index (κ2) is 4.72. The van der Waals surface area contributed by atoms with Crippen LogP contribution in [0.25, 0.3) is 0 Å². The summed E-state index contributed by atoms with van der Waals surface area (Å²) in [5, 5.41) is 3.17. The molecule has 3 N–H and O–H groups in total. The third kappa shape index (κ3) is 2.72. The van der Waals surface area contributed by atoms with Crippen molar-refractivity contribution < 1.29 is 8.42 Å². The number of hydrogen-bond donors (Lipinski definition) is 2. The maximum atomic E-state index is 11.4. The summed E-state index contributed by atoms with van der Waals surface area (Å²) in [7, 11) is -2.89. The van der Waals surface area contributed by atoms with Crippen LogP contribution in [0.15, 0.2) is 0 Å². The van der Waals surface area contributed by atoms with E-state index >= 15 is 0 Å². The first kappa shape index (κ1) is 13.1. The van der Waals surface area contributed by atoms with Gasteiger partial charge in [-0.15, -0.1) is 0 Å². The van der Waals surface area contributed by atoms with Crippen molar-refractivity contribution in [3.05, 3.63) is 11.4 Å². The van der Waals surface area contributed by atoms with Gasteiger partial charge in [-0.25, -0.2) is 18.4 Å². The number of sulfone groups is 1. The molecule has 0 bridgehead atoms. The van der Waals surface area contributed by atoms with Crippen LogP contribution in [0.4, 0.5) is 11.6 Å². The number of rotatable bonds is 3. The molecule has 1 aromatic rings. The Morgan fingerprint density at radius 2 is 2.17 bits per heavy atom. The number of aryl methyl sites for hydroxylation is 1. The monoisotopic (exact) mass is 270 g/mol. The maximum absolute atomic E-state index is 11.4. The maximum Gasteiger partial charge on any atom is 0.152 e. The Bertz CT molecular complexity index is 556. The van der Waals surface area contributed by atoms with Crippen LogP contribution in [-0.4, -0.2) is 35.9 Å². The van der Waals surface area contributed by atoms with Crippen molar-refractivity contribution in [1.29, 1.82) is 0 Å². The van der Waals surface area contributed by atoms with Gasteiger partial charge in [-0.3, -0.25) is 0 Å². The van der Waals surface area contributed by atoms with E-state index in [0.717, 1.165) is 5.56 Å². The Kier molecular flexibility index (Phi) is 3.43. The second-order valence-electron chi connectivity index (χ2n) is 4.60. The van der Waals surface area contributed by atoms with Crippen LogP contribution in [0.1, 0.15) is 24.7 Å². The first-order valence-corrected chi connectivity index (χ1v) is 7.83. The molecule has 0 saturated carbocycles.